The lowest BCUT2D eigenvalue weighted by molar-refractivity contribution is -0.159. The van der Waals surface area contributed by atoms with Crippen LogP contribution >= 0.6 is 46.4 Å². The van der Waals surface area contributed by atoms with Gasteiger partial charge < -0.3 is 14.6 Å². The van der Waals surface area contributed by atoms with Crippen molar-refractivity contribution < 1.29 is 27.8 Å². The van der Waals surface area contributed by atoms with Gasteiger partial charge in [-0.3, -0.25) is 0 Å². The Morgan fingerprint density at radius 1 is 0.709 bits per heavy atom. The zero-order valence-corrected chi connectivity index (χ0v) is 54.0. The molecule has 11 rings (SSSR count). The normalized spacial score (nSPS) is 25.5. The highest BCUT2D eigenvalue weighted by molar-refractivity contribution is 6.32. The molecule has 2 aromatic carbocycles. The molecule has 446 valence electrons. The van der Waals surface area contributed by atoms with Crippen LogP contribution in [-0.2, 0) is 22.3 Å². The number of aliphatic hydroxyl groups excluding tert-OH is 1. The van der Waals surface area contributed by atoms with E-state index in [9.17, 15) is 13.2 Å². The van der Waals surface area contributed by atoms with Gasteiger partial charge in [0.25, 0.3) is 0 Å². The number of benzene rings is 2. The molecule has 7 saturated carbocycles. The van der Waals surface area contributed by atoms with E-state index >= 15 is 0 Å². The number of hydrogen-bond donors (Lipinski definition) is 1. The first kappa shape index (κ1) is 67.9. The van der Waals surface area contributed by atoms with Gasteiger partial charge in [0.15, 0.2) is 0 Å². The van der Waals surface area contributed by atoms with Crippen molar-refractivity contribution in [2.75, 3.05) is 13.7 Å². The smallest absolute Gasteiger partial charge is 0.411 e. The van der Waals surface area contributed by atoms with Crippen LogP contribution in [0, 0.1) is 58.2 Å². The number of rotatable bonds is 10. The van der Waals surface area contributed by atoms with Crippen molar-refractivity contribution in [1.29, 1.82) is 0 Å². The van der Waals surface area contributed by atoms with Gasteiger partial charge in [-0.05, 0) is 238 Å². The number of methoxy groups -OCH3 is 1. The van der Waals surface area contributed by atoms with Gasteiger partial charge in [-0.2, -0.15) is 13.2 Å². The van der Waals surface area contributed by atoms with Gasteiger partial charge in [0.2, 0.25) is 0 Å². The van der Waals surface area contributed by atoms with Crippen molar-refractivity contribution in [1.82, 2.24) is 0 Å². The van der Waals surface area contributed by atoms with Gasteiger partial charge in [0.05, 0.1) is 17.2 Å². The van der Waals surface area contributed by atoms with Crippen molar-refractivity contribution in [2.24, 2.45) is 51.2 Å². The summed E-state index contributed by atoms with van der Waals surface area (Å²) in [5, 5.41) is 11.1. The van der Waals surface area contributed by atoms with E-state index in [1.807, 2.05) is 13.2 Å². The second-order valence-corrected chi connectivity index (χ2v) is 29.2. The number of aryl methyl sites for hydroxylation is 1. The monoisotopic (exact) mass is 1180 g/mol. The van der Waals surface area contributed by atoms with Gasteiger partial charge in [-0.1, -0.05) is 171 Å². The Balaban J connectivity index is 0.000000181. The molecule has 79 heavy (non-hydrogen) atoms. The van der Waals surface area contributed by atoms with Crippen LogP contribution in [0.5, 0.6) is 0 Å². The first-order valence-corrected chi connectivity index (χ1v) is 32.1. The van der Waals surface area contributed by atoms with Crippen LogP contribution in [0.15, 0.2) is 81.6 Å². The minimum atomic E-state index is -4.40. The Morgan fingerprint density at radius 2 is 1.28 bits per heavy atom. The van der Waals surface area contributed by atoms with Gasteiger partial charge in [0.1, 0.15) is 12.4 Å². The summed E-state index contributed by atoms with van der Waals surface area (Å²) in [6, 6.07) is 13.1. The molecule has 10 heteroatoms. The van der Waals surface area contributed by atoms with Gasteiger partial charge in [0, 0.05) is 28.6 Å². The Bertz CT molecular complexity index is 2330. The topological polar surface area (TPSA) is 38.7 Å². The van der Waals surface area contributed by atoms with Gasteiger partial charge in [-0.15, -0.1) is 0 Å². The quantitative estimate of drug-likeness (QED) is 0.258. The van der Waals surface area contributed by atoms with Crippen LogP contribution in [0.4, 0.5) is 13.2 Å². The molecular formula is C69H103Cl4F3O3. The lowest BCUT2D eigenvalue weighted by Crippen LogP contribution is -2.54. The summed E-state index contributed by atoms with van der Waals surface area (Å²) in [6.07, 6.45) is 31.6. The molecule has 9 aliphatic rings. The van der Waals surface area contributed by atoms with Crippen LogP contribution in [-0.4, -0.2) is 37.2 Å². The summed E-state index contributed by atoms with van der Waals surface area (Å²) < 4.78 is 43.0. The summed E-state index contributed by atoms with van der Waals surface area (Å²) in [5.74, 6) is 5.66. The SMILES string of the molecule is CC(C)C.CC(C)C1=CC(Cl)=C(C2CC2)CC1.CC1(C)CC2(CC(OC3=C(Cl)C=CCC3)C2)C1.CCC.COC1CC2(CC(Cc3ccc(C(C)C)cc3Cl)C2)C1.Cc1ccc(CC2CCC23CCC3)c(Cl)c1.OCC(F)(F)F. The van der Waals surface area contributed by atoms with E-state index in [1.165, 1.54) is 155 Å². The average Bonchev–Trinajstić information content (AvgIpc) is 4.27. The molecular weight excluding hydrogens is 1080 g/mol. The fourth-order valence-electron chi connectivity index (χ4n) is 13.8. The third-order valence-corrected chi connectivity index (χ3v) is 19.3. The molecule has 1 N–H and O–H groups in total. The molecule has 0 aliphatic heterocycles. The molecule has 9 aliphatic carbocycles. The van der Waals surface area contributed by atoms with E-state index in [0.29, 0.717) is 40.3 Å². The molecule has 1 atom stereocenters. The Kier molecular flexibility index (Phi) is 26.0. The van der Waals surface area contributed by atoms with Gasteiger partial charge in [-0.25, -0.2) is 0 Å². The van der Waals surface area contributed by atoms with Crippen LogP contribution < -0.4 is 0 Å². The van der Waals surface area contributed by atoms with E-state index in [1.54, 1.807) is 0 Å². The molecule has 0 amide bonds. The van der Waals surface area contributed by atoms with E-state index in [0.717, 1.165) is 74.2 Å². The van der Waals surface area contributed by atoms with Crippen LogP contribution in [0.3, 0.4) is 0 Å². The van der Waals surface area contributed by atoms with E-state index in [2.05, 4.69) is 132 Å². The van der Waals surface area contributed by atoms with Gasteiger partial charge >= 0.3 is 6.18 Å². The zero-order chi connectivity index (χ0) is 58.5. The van der Waals surface area contributed by atoms with E-state index in [4.69, 9.17) is 61.0 Å². The summed E-state index contributed by atoms with van der Waals surface area (Å²) in [6.45, 7) is 24.8. The highest BCUT2D eigenvalue weighted by Crippen LogP contribution is 2.65. The lowest BCUT2D eigenvalue weighted by atomic mass is 9.45. The molecule has 0 heterocycles. The maximum atomic E-state index is 10.5. The maximum Gasteiger partial charge on any atom is 0.411 e. The molecule has 0 saturated heterocycles. The molecule has 3 nitrogen and oxygen atoms in total. The number of allylic oxidation sites excluding steroid dienone is 8. The first-order valence-electron chi connectivity index (χ1n) is 30.6. The molecule has 2 aromatic rings. The Labute approximate surface area is 498 Å². The largest absolute Gasteiger partial charge is 0.493 e. The van der Waals surface area contributed by atoms with E-state index in [-0.39, 0.29) is 0 Å². The predicted molar refractivity (Wildman–Crippen MR) is 332 cm³/mol. The minimum Gasteiger partial charge on any atom is -0.493 e. The molecule has 3 spiro atoms. The van der Waals surface area contributed by atoms with Crippen LogP contribution in [0.1, 0.15) is 233 Å². The minimum absolute atomic E-state index is 0.432. The number of hydrogen-bond acceptors (Lipinski definition) is 3. The summed E-state index contributed by atoms with van der Waals surface area (Å²) in [7, 11) is 1.84. The first-order chi connectivity index (χ1) is 37.1. The standard InChI is InChI=1S/C18H25ClO.C15H21ClO.C15H19Cl.C12H17Cl.C4H10.C3H8.C2H3F3O/c1-12(2)14-4-5-15(17(19)7-14)6-13-8-18(9-13)10-16(11-18)20-3;1-14(2)9-15(10-14)7-11(8-15)17-13-6-4-3-5-12(13)16;1-11-3-4-12(14(16)9-11)10-13-5-8-15(13)6-2-7-15;1-8(2)10-5-6-11(9-3-4-9)12(13)7-10;1-4(2)3;1-3-2;3-2(4,5)1-6/h4-5,7,12-13,16H,6,8-11H2,1-3H3;3,5,11H,4,6-10H2,1-2H3;3-4,9,13H,2,5-8,10H2,1H3;7-9H,3-6H2,1-2H3;4H,1-3H3;3H2,1-2H3;6H,1H2. The third kappa shape index (κ3) is 20.7. The predicted octanol–water partition coefficient (Wildman–Crippen LogP) is 22.6. The average molecular weight is 1180 g/mol. The number of alkyl halides is 3. The number of halogens is 7. The van der Waals surface area contributed by atoms with E-state index < -0.39 is 12.8 Å². The second-order valence-electron chi connectivity index (χ2n) is 27.6. The Hall–Kier alpha value is -1.93. The molecule has 0 aromatic heterocycles. The van der Waals surface area contributed by atoms with Crippen molar-refractivity contribution in [3.63, 3.8) is 0 Å². The summed E-state index contributed by atoms with van der Waals surface area (Å²) in [5.41, 5.74) is 10.9. The van der Waals surface area contributed by atoms with Crippen LogP contribution in [0.25, 0.3) is 0 Å². The Morgan fingerprint density at radius 3 is 1.72 bits per heavy atom. The molecule has 0 radical (unpaired) electrons. The maximum absolute atomic E-state index is 10.5. The molecule has 0 bridgehead atoms. The number of aliphatic hydroxyl groups is 1. The number of ether oxygens (including phenoxy) is 2. The van der Waals surface area contributed by atoms with Crippen molar-refractivity contribution in [3.8, 4) is 0 Å². The van der Waals surface area contributed by atoms with Crippen LogP contribution in [0.2, 0.25) is 10.0 Å². The summed E-state index contributed by atoms with van der Waals surface area (Å²) >= 11 is 25.2. The second kappa shape index (κ2) is 30.2. The zero-order valence-electron chi connectivity index (χ0n) is 51.0. The van der Waals surface area contributed by atoms with Crippen molar-refractivity contribution in [3.05, 3.63) is 114 Å². The van der Waals surface area contributed by atoms with Crippen molar-refractivity contribution >= 4 is 46.4 Å². The third-order valence-electron chi connectivity index (χ3n) is 17.9. The lowest BCUT2D eigenvalue weighted by Gasteiger charge is -2.61. The molecule has 1 unspecified atom stereocenters. The highest BCUT2D eigenvalue weighted by atomic mass is 35.5. The highest BCUT2D eigenvalue weighted by Gasteiger charge is 2.57. The fraction of sp³-hybridized carbons (Fsp3) is 0.710. The molecule has 7 fully saturated rings. The summed E-state index contributed by atoms with van der Waals surface area (Å²) in [4.78, 5) is 0. The fourth-order valence-corrected chi connectivity index (χ4v) is 15.0. The van der Waals surface area contributed by atoms with Crippen molar-refractivity contribution in [2.45, 2.75) is 249 Å².